The second-order valence-electron chi connectivity index (χ2n) is 4.87. The summed E-state index contributed by atoms with van der Waals surface area (Å²) in [7, 11) is 0. The van der Waals surface area contributed by atoms with Crippen molar-refractivity contribution in [3.05, 3.63) is 35.5 Å². The van der Waals surface area contributed by atoms with Crippen molar-refractivity contribution in [1.82, 2.24) is 15.2 Å². The summed E-state index contributed by atoms with van der Waals surface area (Å²) in [5.41, 5.74) is 1.38. The Morgan fingerprint density at radius 1 is 1.57 bits per heavy atom. The smallest absolute Gasteiger partial charge is 0.407 e. The molecule has 0 unspecified atom stereocenters. The zero-order valence-electron chi connectivity index (χ0n) is 21.2. The summed E-state index contributed by atoms with van der Waals surface area (Å²) in [5, 5.41) is 1.19. The second kappa shape index (κ2) is 5.77. The van der Waals surface area contributed by atoms with Crippen LogP contribution in [0.2, 0.25) is 2.82 Å². The lowest BCUT2D eigenvalue weighted by Gasteiger charge is -2.09. The van der Waals surface area contributed by atoms with Gasteiger partial charge >= 0.3 is 6.09 Å². The molecule has 2 N–H and O–H groups in total. The number of alkyl carbamates (subject to hydrolysis) is 1. The number of carbonyl (C=O) groups excluding carboxylic acids is 1. The van der Waals surface area contributed by atoms with Crippen LogP contribution in [0.5, 0.6) is 0 Å². The molecule has 1 aliphatic heterocycles. The lowest BCUT2D eigenvalue weighted by atomic mass is 10.0. The highest BCUT2D eigenvalue weighted by molar-refractivity contribution is 5.84. The molecule has 5 heteroatoms. The zero-order chi connectivity index (χ0) is 23.4. The molecule has 1 atom stereocenters. The molecular weight excluding hydrogens is 266 g/mol. The highest BCUT2D eigenvalue weighted by Crippen LogP contribution is 2.21. The molecule has 5 nitrogen and oxygen atoms in total. The van der Waals surface area contributed by atoms with Gasteiger partial charge in [-0.25, -0.2) is 4.79 Å². The Balaban J connectivity index is 1.95. The van der Waals surface area contributed by atoms with Gasteiger partial charge in [-0.2, -0.15) is 0 Å². The van der Waals surface area contributed by atoms with Crippen molar-refractivity contribution >= 4 is 17.0 Å². The number of hydrogen-bond donors (Lipinski definition) is 2. The van der Waals surface area contributed by atoms with E-state index in [1.165, 1.54) is 6.20 Å². The average molecular weight is 297 g/mol. The second-order valence-corrected chi connectivity index (χ2v) is 4.87. The first-order chi connectivity index (χ1) is 14.1. The summed E-state index contributed by atoms with van der Waals surface area (Å²) >= 11 is 0. The Labute approximate surface area is 138 Å². The Kier molecular flexibility index (Phi) is 1.76. The van der Waals surface area contributed by atoms with Crippen molar-refractivity contribution in [3.63, 3.8) is 0 Å². The zero-order valence-corrected chi connectivity index (χ0v) is 11.2. The molecule has 1 saturated heterocycles. The van der Waals surface area contributed by atoms with Crippen LogP contribution in [0.3, 0.4) is 0 Å². The number of carbonyl (C=O) groups is 1. The Morgan fingerprint density at radius 3 is 3.24 bits per heavy atom. The van der Waals surface area contributed by atoms with Gasteiger partial charge in [0.2, 0.25) is 0 Å². The minimum atomic E-state index is -3.20. The largest absolute Gasteiger partial charge is 0.447 e. The van der Waals surface area contributed by atoms with Crippen molar-refractivity contribution in [3.8, 4) is 0 Å². The molecule has 1 amide bonds. The SMILES string of the molecule is [2H]N1C(=O)OC[C@@H]1Cc1ccc2c(c1)c(CC([2H])([2H])N(C([2H])([2H])[2H])C([2H])([2H])[2H])cn2[2H]. The minimum Gasteiger partial charge on any atom is -0.447 e. The van der Waals surface area contributed by atoms with Crippen LogP contribution in [-0.2, 0) is 17.6 Å². The number of aromatic nitrogens is 1. The maximum atomic E-state index is 11.4. The van der Waals surface area contributed by atoms with Gasteiger partial charge in [-0.1, -0.05) is 6.07 Å². The van der Waals surface area contributed by atoms with Gasteiger partial charge in [0.15, 0.2) is 2.82 Å². The van der Waals surface area contributed by atoms with Crippen molar-refractivity contribution in [1.29, 1.82) is 0 Å². The van der Waals surface area contributed by atoms with E-state index >= 15 is 0 Å². The third-order valence-electron chi connectivity index (χ3n) is 3.35. The van der Waals surface area contributed by atoms with E-state index in [0.717, 1.165) is 10.3 Å². The molecule has 0 spiro atoms. The van der Waals surface area contributed by atoms with Crippen LogP contribution in [0.4, 0.5) is 4.79 Å². The number of hydrogen-bond acceptors (Lipinski definition) is 3. The lowest BCUT2D eigenvalue weighted by Crippen LogP contribution is -2.28. The van der Waals surface area contributed by atoms with Gasteiger partial charge < -0.3 is 19.9 Å². The summed E-state index contributed by atoms with van der Waals surface area (Å²) in [6, 6.07) is 4.49. The topological polar surface area (TPSA) is 57.4 Å². The van der Waals surface area contributed by atoms with Crippen LogP contribution in [0, 0.1) is 0 Å². The number of nitrogens with one attached hydrogen (secondary N) is 2. The minimum absolute atomic E-state index is 0.0569. The number of ether oxygens (including phenoxy) is 1. The van der Waals surface area contributed by atoms with Gasteiger partial charge in [-0.15, -0.1) is 0 Å². The fourth-order valence-corrected chi connectivity index (χ4v) is 2.37. The number of nitrogens with zero attached hydrogens (tertiary/aromatic N) is 1. The normalized spacial score (nSPS) is 27.6. The van der Waals surface area contributed by atoms with Crippen molar-refractivity contribution in [2.75, 3.05) is 27.1 Å². The first kappa shape index (κ1) is 6.40. The number of fused-ring (bicyclic) bond motifs is 1. The highest BCUT2D eigenvalue weighted by atomic mass is 16.6. The van der Waals surface area contributed by atoms with Gasteiger partial charge in [0.05, 0.1) is 6.04 Å². The third kappa shape index (κ3) is 3.19. The van der Waals surface area contributed by atoms with E-state index in [1.54, 1.807) is 18.2 Å². The number of amides is 1. The summed E-state index contributed by atoms with van der Waals surface area (Å²) < 4.78 is 81.9. The van der Waals surface area contributed by atoms with Crippen LogP contribution in [0.1, 0.15) is 22.1 Å². The van der Waals surface area contributed by atoms with E-state index < -0.39 is 39.0 Å². The van der Waals surface area contributed by atoms with Gasteiger partial charge in [0, 0.05) is 34.6 Å². The van der Waals surface area contributed by atoms with Gasteiger partial charge in [-0.3, -0.25) is 0 Å². The van der Waals surface area contributed by atoms with Crippen LogP contribution < -0.4 is 5.31 Å². The van der Waals surface area contributed by atoms with Gasteiger partial charge in [-0.05, 0) is 50.1 Å². The summed E-state index contributed by atoms with van der Waals surface area (Å²) in [6.45, 7) is -9.11. The van der Waals surface area contributed by atoms with Crippen molar-refractivity contribution < 1.29 is 23.3 Å². The van der Waals surface area contributed by atoms with E-state index in [-0.39, 0.29) is 23.5 Å². The predicted octanol–water partition coefficient (Wildman–Crippen LogP) is 1.92. The Morgan fingerprint density at radius 2 is 2.48 bits per heavy atom. The monoisotopic (exact) mass is 297 g/mol. The number of benzene rings is 1. The molecule has 0 bridgehead atoms. The van der Waals surface area contributed by atoms with Crippen LogP contribution >= 0.6 is 0 Å². The molecule has 21 heavy (non-hydrogen) atoms. The standard InChI is InChI=1S/C16H21N3O2/c1-19(2)6-5-12-9-17-15-4-3-11(8-14(12)15)7-13-10-21-16(20)18-13/h3-4,8-9,13,17H,5-7,10H2,1-2H3,(H,18,20)/t13-/m0/s1/i1D3,2D3,6D2/hD2. The molecular formula is C16H21N3O2. The molecule has 112 valence electrons. The Hall–Kier alpha value is -2.01. The lowest BCUT2D eigenvalue weighted by molar-refractivity contribution is 0.177. The molecule has 3 rings (SSSR count). The number of H-pyrrole nitrogens is 1. The molecule has 1 aromatic heterocycles. The molecule has 0 aliphatic carbocycles. The van der Waals surface area contributed by atoms with Crippen LogP contribution in [0.25, 0.3) is 10.9 Å². The van der Waals surface area contributed by atoms with E-state index in [1.807, 2.05) is 0 Å². The van der Waals surface area contributed by atoms with E-state index in [0.29, 0.717) is 16.5 Å². The molecule has 1 aliphatic rings. The molecule has 0 radical (unpaired) electrons. The predicted molar refractivity (Wildman–Crippen MR) is 82.5 cm³/mol. The number of aromatic amines is 1. The fourth-order valence-electron chi connectivity index (χ4n) is 2.37. The van der Waals surface area contributed by atoms with Crippen LogP contribution in [0.15, 0.2) is 24.4 Å². The van der Waals surface area contributed by atoms with Crippen molar-refractivity contribution in [2.24, 2.45) is 0 Å². The number of likely N-dealkylation sites (N-methyl/N-ethyl adjacent to an activating group) is 1. The maximum absolute atomic E-state index is 11.4. The summed E-state index contributed by atoms with van der Waals surface area (Å²) in [6.07, 6.45) is 0.275. The van der Waals surface area contributed by atoms with Crippen LogP contribution in [-0.4, -0.2) is 49.1 Å². The van der Waals surface area contributed by atoms with E-state index in [2.05, 4.69) is 0 Å². The quantitative estimate of drug-likeness (QED) is 0.886. The maximum Gasteiger partial charge on any atom is 0.407 e. The number of aryl methyl sites for hydroxylation is 1. The number of rotatable bonds is 5. The molecule has 0 saturated carbocycles. The molecule has 1 aromatic carbocycles. The van der Waals surface area contributed by atoms with Gasteiger partial charge in [0.1, 0.15) is 6.61 Å². The first-order valence-corrected chi connectivity index (χ1v) is 6.49. The van der Waals surface area contributed by atoms with E-state index in [9.17, 15) is 4.79 Å². The summed E-state index contributed by atoms with van der Waals surface area (Å²) in [5.74, 6) is 0. The molecule has 1 fully saturated rings. The highest BCUT2D eigenvalue weighted by Gasteiger charge is 2.22. The number of cyclic esters (lactones) is 1. The first-order valence-electron chi connectivity index (χ1n) is 11.4. The molecule has 2 aromatic rings. The Bertz CT molecular complexity index is 970. The van der Waals surface area contributed by atoms with E-state index in [4.69, 9.17) is 18.5 Å². The third-order valence-corrected chi connectivity index (χ3v) is 3.35. The molecule has 2 heterocycles. The van der Waals surface area contributed by atoms with Crippen molar-refractivity contribution in [2.45, 2.75) is 18.9 Å². The van der Waals surface area contributed by atoms with Gasteiger partial charge in [0.25, 0.3) is 0 Å². The average Bonchev–Trinajstić information content (AvgIpc) is 3.05. The summed E-state index contributed by atoms with van der Waals surface area (Å²) in [4.78, 5) is 12.3. The fraction of sp³-hybridized carbons (Fsp3) is 0.438.